The summed E-state index contributed by atoms with van der Waals surface area (Å²) in [6.07, 6.45) is 1.23. The first-order valence-corrected chi connectivity index (χ1v) is 10.8. The standard InChI is InChI=1S/2C13H10N2O3/c16-15(17)12-8-6-10(7-9-12)13-14(18-13)11-4-2-1-3-5-11;16-14(12-4-2-1-3-5-12)10-11-6-8-13(9-7-11)15(17)18/h1-9,13H;1-10H. The first-order chi connectivity index (χ1) is 17.4. The van der Waals surface area contributed by atoms with Gasteiger partial charge in [0.25, 0.3) is 11.4 Å². The third kappa shape index (κ3) is 6.07. The van der Waals surface area contributed by atoms with Crippen LogP contribution >= 0.6 is 0 Å². The quantitative estimate of drug-likeness (QED) is 0.0832. The Bertz CT molecular complexity index is 1360. The predicted octanol–water partition coefficient (Wildman–Crippen LogP) is 5.90. The van der Waals surface area contributed by atoms with Gasteiger partial charge in [0.15, 0.2) is 6.21 Å². The summed E-state index contributed by atoms with van der Waals surface area (Å²) in [6, 6.07) is 30.6. The van der Waals surface area contributed by atoms with Gasteiger partial charge in [0, 0.05) is 47.5 Å². The van der Waals surface area contributed by atoms with E-state index in [-0.39, 0.29) is 17.6 Å². The first-order valence-electron chi connectivity index (χ1n) is 10.8. The molecule has 0 saturated carbocycles. The van der Waals surface area contributed by atoms with Crippen LogP contribution in [0.2, 0.25) is 0 Å². The smallest absolute Gasteiger partial charge is 0.269 e. The second kappa shape index (κ2) is 10.9. The molecule has 4 aromatic rings. The van der Waals surface area contributed by atoms with Gasteiger partial charge in [-0.3, -0.25) is 20.2 Å². The summed E-state index contributed by atoms with van der Waals surface area (Å²) in [5, 5.41) is 34.6. The largest absolute Gasteiger partial charge is 0.618 e. The van der Waals surface area contributed by atoms with Crippen LogP contribution in [0.4, 0.5) is 22.7 Å². The Labute approximate surface area is 205 Å². The monoisotopic (exact) mass is 484 g/mol. The Hall–Kier alpha value is -5.09. The minimum absolute atomic E-state index is 0.00399. The lowest BCUT2D eigenvalue weighted by Crippen LogP contribution is -1.98. The zero-order chi connectivity index (χ0) is 25.5. The Balaban J connectivity index is 0.000000169. The Morgan fingerprint density at radius 2 is 1.14 bits per heavy atom. The van der Waals surface area contributed by atoms with Crippen molar-refractivity contribution in [3.63, 3.8) is 0 Å². The number of para-hydroxylation sites is 2. The number of benzene rings is 4. The number of hydrogen-bond acceptors (Lipinski definition) is 7. The van der Waals surface area contributed by atoms with Crippen LogP contribution in [0.3, 0.4) is 0 Å². The molecule has 1 aliphatic heterocycles. The van der Waals surface area contributed by atoms with Gasteiger partial charge in [-0.2, -0.15) is 4.74 Å². The summed E-state index contributed by atoms with van der Waals surface area (Å²) in [7, 11) is 0. The maximum atomic E-state index is 11.8. The van der Waals surface area contributed by atoms with Crippen molar-refractivity contribution < 1.29 is 19.4 Å². The molecule has 0 N–H and O–H groups in total. The van der Waals surface area contributed by atoms with Crippen LogP contribution in [0.5, 0.6) is 0 Å². The maximum Gasteiger partial charge on any atom is 0.269 e. The zero-order valence-corrected chi connectivity index (χ0v) is 18.8. The highest BCUT2D eigenvalue weighted by atomic mass is 16.8. The molecule has 1 atom stereocenters. The van der Waals surface area contributed by atoms with Gasteiger partial charge in [-0.25, -0.2) is 9.90 Å². The van der Waals surface area contributed by atoms with Crippen molar-refractivity contribution in [2.24, 2.45) is 0 Å². The van der Waals surface area contributed by atoms with Crippen LogP contribution < -0.4 is 5.06 Å². The van der Waals surface area contributed by atoms with E-state index in [0.29, 0.717) is 11.3 Å². The van der Waals surface area contributed by atoms with Gasteiger partial charge < -0.3 is 5.21 Å². The predicted molar refractivity (Wildman–Crippen MR) is 134 cm³/mol. The van der Waals surface area contributed by atoms with E-state index in [1.807, 2.05) is 36.4 Å². The van der Waals surface area contributed by atoms with Gasteiger partial charge in [0.1, 0.15) is 0 Å². The number of nitro groups is 2. The topological polar surface area (TPSA) is 128 Å². The highest BCUT2D eigenvalue weighted by Gasteiger charge is 2.38. The van der Waals surface area contributed by atoms with Crippen molar-refractivity contribution >= 4 is 29.0 Å². The fraction of sp³-hybridized carbons (Fsp3) is 0.0385. The Morgan fingerprint density at radius 1 is 0.639 bits per heavy atom. The molecule has 1 saturated heterocycles. The van der Waals surface area contributed by atoms with E-state index >= 15 is 0 Å². The third-order valence-corrected chi connectivity index (χ3v) is 5.16. The minimum atomic E-state index is -0.476. The molecule has 0 bridgehead atoms. The number of hydroxylamine groups is 1. The van der Waals surface area contributed by atoms with Crippen LogP contribution in [-0.4, -0.2) is 20.8 Å². The van der Waals surface area contributed by atoms with Gasteiger partial charge in [-0.15, -0.1) is 0 Å². The van der Waals surface area contributed by atoms with Crippen molar-refractivity contribution in [1.82, 2.24) is 0 Å². The van der Waals surface area contributed by atoms with Gasteiger partial charge in [-0.05, 0) is 36.4 Å². The molecule has 180 valence electrons. The van der Waals surface area contributed by atoms with E-state index in [9.17, 15) is 25.4 Å². The summed E-state index contributed by atoms with van der Waals surface area (Å²) in [5.41, 5.74) is 3.09. The number of non-ortho nitro benzene ring substituents is 2. The summed E-state index contributed by atoms with van der Waals surface area (Å²) < 4.78 is 0.723. The number of anilines is 1. The molecule has 0 amide bonds. The lowest BCUT2D eigenvalue weighted by Gasteiger charge is -2.02. The van der Waals surface area contributed by atoms with Crippen molar-refractivity contribution in [3.05, 3.63) is 146 Å². The highest BCUT2D eigenvalue weighted by molar-refractivity contribution is 5.77. The SMILES string of the molecule is O=[N+]([O-])c1ccc(C2ON2c2ccccc2)cc1.O=[N+]([O-])c1ccc(C=[N+]([O-])c2ccccc2)cc1. The van der Waals surface area contributed by atoms with E-state index in [1.165, 1.54) is 42.6 Å². The normalized spacial score (nSPS) is 14.4. The van der Waals surface area contributed by atoms with E-state index < -0.39 is 9.85 Å². The lowest BCUT2D eigenvalue weighted by atomic mass is 10.2. The van der Waals surface area contributed by atoms with Gasteiger partial charge in [0.2, 0.25) is 11.9 Å². The zero-order valence-electron chi connectivity index (χ0n) is 18.8. The fourth-order valence-electron chi connectivity index (χ4n) is 3.28. The third-order valence-electron chi connectivity index (χ3n) is 5.16. The molecule has 0 spiro atoms. The van der Waals surface area contributed by atoms with Gasteiger partial charge >= 0.3 is 0 Å². The summed E-state index contributed by atoms with van der Waals surface area (Å²) in [5.74, 6) is 0. The Kier molecular flexibility index (Phi) is 7.28. The average Bonchev–Trinajstić information content (AvgIpc) is 3.72. The average molecular weight is 484 g/mol. The highest BCUT2D eigenvalue weighted by Crippen LogP contribution is 2.41. The van der Waals surface area contributed by atoms with E-state index in [1.54, 1.807) is 41.5 Å². The molecule has 0 aromatic heterocycles. The molecule has 0 aliphatic carbocycles. The molecule has 1 unspecified atom stereocenters. The van der Waals surface area contributed by atoms with E-state index in [0.717, 1.165) is 16.0 Å². The van der Waals surface area contributed by atoms with E-state index in [4.69, 9.17) is 4.84 Å². The van der Waals surface area contributed by atoms with Crippen molar-refractivity contribution in [3.8, 4) is 0 Å². The van der Waals surface area contributed by atoms with Gasteiger partial charge in [0.05, 0.1) is 15.5 Å². The van der Waals surface area contributed by atoms with Crippen LogP contribution in [-0.2, 0) is 4.84 Å². The number of nitrogens with zero attached hydrogens (tertiary/aromatic N) is 4. The van der Waals surface area contributed by atoms with E-state index in [2.05, 4.69) is 0 Å². The van der Waals surface area contributed by atoms with Crippen LogP contribution in [0.25, 0.3) is 0 Å². The van der Waals surface area contributed by atoms with Crippen molar-refractivity contribution in [2.45, 2.75) is 6.23 Å². The molecule has 10 nitrogen and oxygen atoms in total. The summed E-state index contributed by atoms with van der Waals surface area (Å²) in [6.45, 7) is 0. The van der Waals surface area contributed by atoms with Crippen molar-refractivity contribution in [1.29, 1.82) is 0 Å². The molecular formula is C26H20N4O6. The maximum absolute atomic E-state index is 11.8. The lowest BCUT2D eigenvalue weighted by molar-refractivity contribution is -0.385. The molecule has 0 radical (unpaired) electrons. The fourth-order valence-corrected chi connectivity index (χ4v) is 3.28. The number of rotatable bonds is 6. The Morgan fingerprint density at radius 3 is 1.67 bits per heavy atom. The second-order valence-electron chi connectivity index (χ2n) is 7.61. The van der Waals surface area contributed by atoms with Crippen LogP contribution in [0.15, 0.2) is 109 Å². The molecule has 1 aliphatic rings. The molecule has 4 aromatic carbocycles. The molecule has 1 fully saturated rings. The summed E-state index contributed by atoms with van der Waals surface area (Å²) >= 11 is 0. The van der Waals surface area contributed by atoms with Gasteiger partial charge in [-0.1, -0.05) is 36.4 Å². The second-order valence-corrected chi connectivity index (χ2v) is 7.61. The number of nitro benzene ring substituents is 2. The van der Waals surface area contributed by atoms with Crippen LogP contribution in [0.1, 0.15) is 17.4 Å². The molecule has 10 heteroatoms. The minimum Gasteiger partial charge on any atom is -0.618 e. The van der Waals surface area contributed by atoms with Crippen molar-refractivity contribution in [2.75, 3.05) is 5.06 Å². The molecule has 36 heavy (non-hydrogen) atoms. The molecule has 1 heterocycles. The summed E-state index contributed by atoms with van der Waals surface area (Å²) in [4.78, 5) is 25.6. The van der Waals surface area contributed by atoms with Crippen LogP contribution in [0, 0.1) is 25.4 Å². The molecule has 5 rings (SSSR count). The number of hydrogen-bond donors (Lipinski definition) is 0. The molecular weight excluding hydrogens is 464 g/mol. The first kappa shape index (κ1) is 24.0.